The maximum Gasteiger partial charge on any atom is 0.343 e. The van der Waals surface area contributed by atoms with Gasteiger partial charge in [-0.05, 0) is 105 Å². The molecule has 2 aromatic rings. The van der Waals surface area contributed by atoms with Gasteiger partial charge in [-0.25, -0.2) is 9.59 Å². The number of carbonyl (C=O) groups is 2. The fourth-order valence-electron chi connectivity index (χ4n) is 4.29. The lowest BCUT2D eigenvalue weighted by Crippen LogP contribution is -2.08. The number of ether oxygens (including phenoxy) is 6. The predicted octanol–water partition coefficient (Wildman–Crippen LogP) is 7.96. The first-order valence-corrected chi connectivity index (χ1v) is 16.3. The second-order valence-electron chi connectivity index (χ2n) is 10.7. The predicted molar refractivity (Wildman–Crippen MR) is 180 cm³/mol. The Labute approximate surface area is 283 Å². The highest BCUT2D eigenvalue weighted by atomic mass is 17.2. The maximum absolute atomic E-state index is 12.6. The van der Waals surface area contributed by atoms with Crippen molar-refractivity contribution >= 4 is 11.9 Å². The van der Waals surface area contributed by atoms with Gasteiger partial charge in [0.05, 0.1) is 25.4 Å². The molecule has 2 aromatic carbocycles. The molecule has 1 aliphatic carbocycles. The molecule has 0 saturated carbocycles. The average molecular weight is 663 g/mol. The van der Waals surface area contributed by atoms with Crippen molar-refractivity contribution in [1.82, 2.24) is 0 Å². The van der Waals surface area contributed by atoms with Crippen LogP contribution in [0.15, 0.2) is 103 Å². The molecule has 0 radical (unpaired) electrons. The van der Waals surface area contributed by atoms with Crippen LogP contribution >= 0.6 is 0 Å². The first-order valence-electron chi connectivity index (χ1n) is 16.3. The first-order chi connectivity index (χ1) is 23.6. The van der Waals surface area contributed by atoms with Crippen LogP contribution in [-0.2, 0) is 28.8 Å². The third-order valence-corrected chi connectivity index (χ3v) is 6.95. The first kappa shape index (κ1) is 37.7. The van der Waals surface area contributed by atoms with Gasteiger partial charge in [0, 0.05) is 31.8 Å². The van der Waals surface area contributed by atoms with Crippen molar-refractivity contribution in [3.8, 4) is 17.2 Å². The molecule has 258 valence electrons. The highest BCUT2D eigenvalue weighted by Crippen LogP contribution is 2.21. The molecule has 0 amide bonds. The zero-order valence-electron chi connectivity index (χ0n) is 27.7. The van der Waals surface area contributed by atoms with E-state index in [0.717, 1.165) is 69.6 Å². The Hall–Kier alpha value is -4.76. The van der Waals surface area contributed by atoms with E-state index in [0.29, 0.717) is 54.8 Å². The Bertz CT molecular complexity index is 1370. The molecule has 3 rings (SSSR count). The zero-order valence-corrected chi connectivity index (χ0v) is 27.7. The number of esters is 2. The Morgan fingerprint density at radius 3 is 2.08 bits per heavy atom. The van der Waals surface area contributed by atoms with Gasteiger partial charge in [0.2, 0.25) is 6.79 Å². The van der Waals surface area contributed by atoms with E-state index in [-0.39, 0.29) is 6.79 Å². The molecular weight excluding hydrogens is 616 g/mol. The smallest absolute Gasteiger partial charge is 0.343 e. The molecule has 0 bridgehead atoms. The zero-order chi connectivity index (χ0) is 34.1. The average Bonchev–Trinajstić information content (AvgIpc) is 3.11. The summed E-state index contributed by atoms with van der Waals surface area (Å²) in [5.74, 6) is 1.46. The van der Waals surface area contributed by atoms with Crippen molar-refractivity contribution in [3.63, 3.8) is 0 Å². The van der Waals surface area contributed by atoms with Crippen LogP contribution in [0.25, 0.3) is 0 Å². The van der Waals surface area contributed by atoms with Crippen LogP contribution in [0.3, 0.4) is 0 Å². The van der Waals surface area contributed by atoms with E-state index < -0.39 is 11.9 Å². The van der Waals surface area contributed by atoms with Gasteiger partial charge in [-0.2, -0.15) is 4.89 Å². The number of allylic oxidation sites excluding steroid dienone is 4. The summed E-state index contributed by atoms with van der Waals surface area (Å²) in [7, 11) is 1.71. The topological polar surface area (TPSA) is 108 Å². The van der Waals surface area contributed by atoms with Crippen molar-refractivity contribution in [2.24, 2.45) is 0 Å². The number of hydrogen-bond acceptors (Lipinski definition) is 10. The van der Waals surface area contributed by atoms with Crippen LogP contribution in [0.4, 0.5) is 0 Å². The largest absolute Gasteiger partial charge is 0.494 e. The van der Waals surface area contributed by atoms with Crippen molar-refractivity contribution < 1.29 is 47.8 Å². The Morgan fingerprint density at radius 1 is 0.750 bits per heavy atom. The van der Waals surface area contributed by atoms with Gasteiger partial charge >= 0.3 is 11.9 Å². The molecule has 0 N–H and O–H groups in total. The summed E-state index contributed by atoms with van der Waals surface area (Å²) in [6.07, 6.45) is 16.7. The highest BCUT2D eigenvalue weighted by Gasteiger charge is 2.10. The number of rotatable bonds is 24. The molecule has 0 aromatic heterocycles. The fraction of sp³-hybridized carbons (Fsp3) is 0.395. The summed E-state index contributed by atoms with van der Waals surface area (Å²) in [6.45, 7) is 5.68. The van der Waals surface area contributed by atoms with E-state index >= 15 is 0 Å². The van der Waals surface area contributed by atoms with Gasteiger partial charge in [0.25, 0.3) is 0 Å². The molecule has 48 heavy (non-hydrogen) atoms. The molecule has 0 unspecified atom stereocenters. The lowest BCUT2D eigenvalue weighted by molar-refractivity contribution is -0.249. The Morgan fingerprint density at radius 2 is 1.40 bits per heavy atom. The van der Waals surface area contributed by atoms with E-state index in [4.69, 9.17) is 38.2 Å². The van der Waals surface area contributed by atoms with E-state index in [2.05, 4.69) is 12.3 Å². The van der Waals surface area contributed by atoms with E-state index in [1.807, 2.05) is 18.2 Å². The lowest BCUT2D eigenvalue weighted by atomic mass is 10.1. The Kier molecular flexibility index (Phi) is 18.5. The normalized spacial score (nSPS) is 11.9. The lowest BCUT2D eigenvalue weighted by Gasteiger charge is -2.12. The SMILES string of the molecule is C=CC(=O)OCCCCCCOc1ccc(C(=O)Oc2ccc(OCOC3=CCC(=C=COOCCCCCCOC)C=C3)cc2)cc1. The van der Waals surface area contributed by atoms with Gasteiger partial charge in [-0.3, -0.25) is 0 Å². The van der Waals surface area contributed by atoms with Crippen molar-refractivity contribution in [2.75, 3.05) is 40.3 Å². The second-order valence-corrected chi connectivity index (χ2v) is 10.7. The summed E-state index contributed by atoms with van der Waals surface area (Å²) in [5.41, 5.74) is 4.40. The van der Waals surface area contributed by atoms with Gasteiger partial charge in [0.15, 0.2) is 6.26 Å². The van der Waals surface area contributed by atoms with E-state index in [9.17, 15) is 9.59 Å². The second kappa shape index (κ2) is 23.5. The van der Waals surface area contributed by atoms with Crippen LogP contribution in [0.5, 0.6) is 17.2 Å². The third kappa shape index (κ3) is 16.2. The van der Waals surface area contributed by atoms with Gasteiger partial charge in [-0.1, -0.05) is 25.2 Å². The number of methoxy groups -OCH3 is 1. The van der Waals surface area contributed by atoms with Crippen LogP contribution in [0.2, 0.25) is 0 Å². The Balaban J connectivity index is 1.26. The molecule has 0 fully saturated rings. The summed E-state index contributed by atoms with van der Waals surface area (Å²) in [5, 5.41) is 0. The number of carbonyl (C=O) groups excluding carboxylic acids is 2. The van der Waals surface area contributed by atoms with E-state index in [1.54, 1.807) is 55.6 Å². The van der Waals surface area contributed by atoms with Crippen LogP contribution < -0.4 is 14.2 Å². The molecule has 0 saturated heterocycles. The minimum Gasteiger partial charge on any atom is -0.494 e. The molecule has 0 atom stereocenters. The molecular formula is C38H46O10. The highest BCUT2D eigenvalue weighted by molar-refractivity contribution is 5.91. The van der Waals surface area contributed by atoms with Crippen molar-refractivity contribution in [2.45, 2.75) is 57.8 Å². The van der Waals surface area contributed by atoms with Crippen molar-refractivity contribution in [3.05, 3.63) is 108 Å². The fourth-order valence-corrected chi connectivity index (χ4v) is 4.29. The van der Waals surface area contributed by atoms with Crippen LogP contribution in [-0.4, -0.2) is 52.3 Å². The number of benzene rings is 2. The van der Waals surface area contributed by atoms with E-state index in [1.165, 1.54) is 6.26 Å². The number of hydrogen-bond donors (Lipinski definition) is 0. The standard InChI is InChI=1S/C38H46O10/c1-3-37(39)43-27-10-6-5-9-26-42-33-18-14-32(15-19-33)38(40)48-36-22-20-35(21-23-36)45-30-44-34-16-12-31(13-17-34)24-29-47-46-28-11-7-4-8-25-41-2/h3,12,14-23,29H,1,4-11,13,25-28,30H2,2H3. The quantitative estimate of drug-likeness (QED) is 0.0126. The van der Waals surface area contributed by atoms with Crippen LogP contribution in [0.1, 0.15) is 68.1 Å². The molecule has 0 heterocycles. The summed E-state index contributed by atoms with van der Waals surface area (Å²) in [6, 6.07) is 13.5. The maximum atomic E-state index is 12.6. The monoisotopic (exact) mass is 662 g/mol. The van der Waals surface area contributed by atoms with Crippen molar-refractivity contribution in [1.29, 1.82) is 0 Å². The number of unbranched alkanes of at least 4 members (excludes halogenated alkanes) is 6. The molecule has 1 aliphatic rings. The molecule has 10 nitrogen and oxygen atoms in total. The molecule has 0 aliphatic heterocycles. The molecule has 10 heteroatoms. The van der Waals surface area contributed by atoms with Gasteiger partial charge < -0.3 is 33.3 Å². The van der Waals surface area contributed by atoms with Crippen LogP contribution in [0, 0.1) is 0 Å². The summed E-state index contributed by atoms with van der Waals surface area (Å²) < 4.78 is 32.6. The summed E-state index contributed by atoms with van der Waals surface area (Å²) >= 11 is 0. The van der Waals surface area contributed by atoms with Gasteiger partial charge in [0.1, 0.15) is 23.0 Å². The minimum atomic E-state index is -0.474. The summed E-state index contributed by atoms with van der Waals surface area (Å²) in [4.78, 5) is 33.8. The molecule has 0 spiro atoms. The third-order valence-electron chi connectivity index (χ3n) is 6.95. The minimum absolute atomic E-state index is 0.0221. The van der Waals surface area contributed by atoms with Gasteiger partial charge in [-0.15, -0.1) is 0 Å².